The van der Waals surface area contributed by atoms with Crippen molar-refractivity contribution in [2.75, 3.05) is 6.54 Å². The van der Waals surface area contributed by atoms with Gasteiger partial charge in [0.2, 0.25) is 0 Å². The molecule has 2 heterocycles. The van der Waals surface area contributed by atoms with Crippen LogP contribution in [-0.4, -0.2) is 38.8 Å². The Morgan fingerprint density at radius 2 is 2.47 bits per heavy atom. The summed E-state index contributed by atoms with van der Waals surface area (Å²) in [5.41, 5.74) is 1.10. The topological polar surface area (TPSA) is 69.2 Å². The summed E-state index contributed by atoms with van der Waals surface area (Å²) in [6, 6.07) is 2.38. The van der Waals surface area contributed by atoms with Crippen molar-refractivity contribution in [3.8, 4) is 0 Å². The third kappa shape index (κ3) is 3.56. The van der Waals surface area contributed by atoms with Crippen LogP contribution in [0.5, 0.6) is 0 Å². The van der Waals surface area contributed by atoms with E-state index in [0.29, 0.717) is 6.04 Å². The molecule has 5 nitrogen and oxygen atoms in total. The second kappa shape index (κ2) is 5.82. The minimum atomic E-state index is -0.697. The van der Waals surface area contributed by atoms with Crippen molar-refractivity contribution in [3.63, 3.8) is 0 Å². The molecule has 0 amide bonds. The van der Waals surface area contributed by atoms with E-state index in [-0.39, 0.29) is 6.42 Å². The summed E-state index contributed by atoms with van der Waals surface area (Å²) < 4.78 is 0. The Balaban J connectivity index is 1.89. The van der Waals surface area contributed by atoms with E-state index in [2.05, 4.69) is 15.1 Å². The predicted molar refractivity (Wildman–Crippen MR) is 63.5 cm³/mol. The van der Waals surface area contributed by atoms with Crippen LogP contribution in [0.25, 0.3) is 0 Å². The highest BCUT2D eigenvalue weighted by molar-refractivity contribution is 5.66. The van der Waals surface area contributed by atoms with Gasteiger partial charge in [-0.25, -0.2) is 0 Å². The Morgan fingerprint density at radius 1 is 1.59 bits per heavy atom. The van der Waals surface area contributed by atoms with Gasteiger partial charge in [0, 0.05) is 30.9 Å². The average Bonchev–Trinajstić information content (AvgIpc) is 2.80. The second-order valence-electron chi connectivity index (χ2n) is 4.63. The number of aromatic amines is 1. The van der Waals surface area contributed by atoms with Crippen molar-refractivity contribution >= 4 is 5.97 Å². The van der Waals surface area contributed by atoms with Gasteiger partial charge in [-0.1, -0.05) is 6.42 Å². The van der Waals surface area contributed by atoms with Gasteiger partial charge >= 0.3 is 5.97 Å². The molecular formula is C12H19N3O2. The van der Waals surface area contributed by atoms with E-state index in [9.17, 15) is 4.79 Å². The number of H-pyrrole nitrogens is 1. The normalized spacial score (nSPS) is 21.5. The summed E-state index contributed by atoms with van der Waals surface area (Å²) >= 11 is 0. The van der Waals surface area contributed by atoms with Gasteiger partial charge in [0.05, 0.1) is 0 Å². The molecule has 1 saturated heterocycles. The molecule has 1 fully saturated rings. The number of rotatable bonds is 5. The van der Waals surface area contributed by atoms with Crippen LogP contribution in [-0.2, 0) is 11.3 Å². The number of hydrogen-bond acceptors (Lipinski definition) is 3. The molecule has 1 aromatic rings. The minimum absolute atomic E-state index is 0.268. The molecule has 0 aliphatic carbocycles. The standard InChI is InChI=1S/C12H19N3O2/c16-12(17)5-4-11-3-1-2-8-15(11)9-10-6-7-13-14-10/h6-7,11H,1-5,8-9H2,(H,13,14)(H,16,17)/t11-/m1/s1. The number of carboxylic acids is 1. The van der Waals surface area contributed by atoms with Gasteiger partial charge in [0.25, 0.3) is 0 Å². The summed E-state index contributed by atoms with van der Waals surface area (Å²) in [6.07, 6.45) is 6.31. The van der Waals surface area contributed by atoms with Crippen LogP contribution < -0.4 is 0 Å². The van der Waals surface area contributed by atoms with Crippen molar-refractivity contribution in [2.24, 2.45) is 0 Å². The van der Waals surface area contributed by atoms with Gasteiger partial charge < -0.3 is 5.11 Å². The van der Waals surface area contributed by atoms with Crippen LogP contribution >= 0.6 is 0 Å². The number of carbonyl (C=O) groups is 1. The van der Waals surface area contributed by atoms with E-state index < -0.39 is 5.97 Å². The maximum absolute atomic E-state index is 10.6. The van der Waals surface area contributed by atoms with Crippen molar-refractivity contribution in [2.45, 2.75) is 44.7 Å². The Bertz CT molecular complexity index is 351. The van der Waals surface area contributed by atoms with Crippen molar-refractivity contribution in [1.82, 2.24) is 15.1 Å². The number of piperidine rings is 1. The Labute approximate surface area is 101 Å². The van der Waals surface area contributed by atoms with Crippen LogP contribution in [0.3, 0.4) is 0 Å². The SMILES string of the molecule is O=C(O)CC[C@H]1CCCCN1Cc1ccn[nH]1. The first kappa shape index (κ1) is 12.1. The van der Waals surface area contributed by atoms with Crippen molar-refractivity contribution < 1.29 is 9.90 Å². The molecule has 94 valence electrons. The van der Waals surface area contributed by atoms with Crippen LogP contribution in [0.15, 0.2) is 12.3 Å². The van der Waals surface area contributed by atoms with Crippen molar-refractivity contribution in [1.29, 1.82) is 0 Å². The molecule has 0 unspecified atom stereocenters. The number of likely N-dealkylation sites (tertiary alicyclic amines) is 1. The smallest absolute Gasteiger partial charge is 0.303 e. The quantitative estimate of drug-likeness (QED) is 0.816. The van der Waals surface area contributed by atoms with E-state index in [1.165, 1.54) is 12.8 Å². The molecule has 17 heavy (non-hydrogen) atoms. The largest absolute Gasteiger partial charge is 0.481 e. The third-order valence-corrected chi connectivity index (χ3v) is 3.37. The predicted octanol–water partition coefficient (Wildman–Crippen LogP) is 1.63. The maximum Gasteiger partial charge on any atom is 0.303 e. The van der Waals surface area contributed by atoms with Gasteiger partial charge in [-0.15, -0.1) is 0 Å². The molecule has 0 aromatic carbocycles. The first-order valence-corrected chi connectivity index (χ1v) is 6.20. The number of nitrogens with zero attached hydrogens (tertiary/aromatic N) is 2. The number of aliphatic carboxylic acids is 1. The van der Waals surface area contributed by atoms with E-state index in [1.807, 2.05) is 6.07 Å². The first-order valence-electron chi connectivity index (χ1n) is 6.20. The van der Waals surface area contributed by atoms with Gasteiger partial charge in [-0.05, 0) is 31.9 Å². The van der Waals surface area contributed by atoms with Crippen molar-refractivity contribution in [3.05, 3.63) is 18.0 Å². The fraction of sp³-hybridized carbons (Fsp3) is 0.667. The number of carboxylic acid groups (broad SMARTS) is 1. The molecule has 2 N–H and O–H groups in total. The third-order valence-electron chi connectivity index (χ3n) is 3.37. The fourth-order valence-electron chi connectivity index (χ4n) is 2.48. The minimum Gasteiger partial charge on any atom is -0.481 e. The molecule has 0 radical (unpaired) electrons. The molecule has 1 aromatic heterocycles. The monoisotopic (exact) mass is 237 g/mol. The van der Waals surface area contributed by atoms with Crippen LogP contribution in [0.1, 0.15) is 37.8 Å². The van der Waals surface area contributed by atoms with Gasteiger partial charge in [-0.2, -0.15) is 5.10 Å². The summed E-state index contributed by atoms with van der Waals surface area (Å²) in [6.45, 7) is 1.91. The highest BCUT2D eigenvalue weighted by Gasteiger charge is 2.23. The molecule has 5 heteroatoms. The Kier molecular flexibility index (Phi) is 4.14. The zero-order valence-electron chi connectivity index (χ0n) is 9.93. The van der Waals surface area contributed by atoms with Crippen LogP contribution in [0, 0.1) is 0 Å². The lowest BCUT2D eigenvalue weighted by Crippen LogP contribution is -2.39. The number of hydrogen-bond donors (Lipinski definition) is 2. The summed E-state index contributed by atoms with van der Waals surface area (Å²) in [5, 5.41) is 15.7. The Hall–Kier alpha value is -1.36. The van der Waals surface area contributed by atoms with Gasteiger partial charge in [-0.3, -0.25) is 14.8 Å². The lowest BCUT2D eigenvalue weighted by Gasteiger charge is -2.35. The number of aromatic nitrogens is 2. The molecule has 1 atom stereocenters. The number of nitrogens with one attached hydrogen (secondary N) is 1. The molecule has 0 bridgehead atoms. The summed E-state index contributed by atoms with van der Waals surface area (Å²) in [7, 11) is 0. The van der Waals surface area contributed by atoms with Crippen LogP contribution in [0.2, 0.25) is 0 Å². The molecule has 1 aliphatic heterocycles. The highest BCUT2D eigenvalue weighted by Crippen LogP contribution is 2.22. The maximum atomic E-state index is 10.6. The fourth-order valence-corrected chi connectivity index (χ4v) is 2.48. The van der Waals surface area contributed by atoms with E-state index in [4.69, 9.17) is 5.11 Å². The average molecular weight is 237 g/mol. The van der Waals surface area contributed by atoms with E-state index in [0.717, 1.165) is 31.6 Å². The van der Waals surface area contributed by atoms with Gasteiger partial charge in [0.15, 0.2) is 0 Å². The molecular weight excluding hydrogens is 218 g/mol. The van der Waals surface area contributed by atoms with Crippen LogP contribution in [0.4, 0.5) is 0 Å². The molecule has 2 rings (SSSR count). The lowest BCUT2D eigenvalue weighted by atomic mass is 9.98. The second-order valence-corrected chi connectivity index (χ2v) is 4.63. The van der Waals surface area contributed by atoms with Gasteiger partial charge in [0.1, 0.15) is 0 Å². The lowest BCUT2D eigenvalue weighted by molar-refractivity contribution is -0.137. The molecule has 0 saturated carbocycles. The Morgan fingerprint density at radius 3 is 3.18 bits per heavy atom. The highest BCUT2D eigenvalue weighted by atomic mass is 16.4. The van der Waals surface area contributed by atoms with E-state index in [1.54, 1.807) is 6.20 Å². The molecule has 0 spiro atoms. The zero-order valence-corrected chi connectivity index (χ0v) is 9.93. The zero-order chi connectivity index (χ0) is 12.1. The first-order chi connectivity index (χ1) is 8.25. The molecule has 1 aliphatic rings. The van der Waals surface area contributed by atoms with E-state index >= 15 is 0 Å². The summed E-state index contributed by atoms with van der Waals surface area (Å²) in [5.74, 6) is -0.697. The summed E-state index contributed by atoms with van der Waals surface area (Å²) in [4.78, 5) is 13.0.